The van der Waals surface area contributed by atoms with Crippen LogP contribution in [0.15, 0.2) is 27.2 Å². The lowest BCUT2D eigenvalue weighted by Crippen LogP contribution is -2.31. The number of nitrogens with zero attached hydrogens (tertiary/aromatic N) is 2. The first-order valence-corrected chi connectivity index (χ1v) is 8.03. The summed E-state index contributed by atoms with van der Waals surface area (Å²) in [7, 11) is 1.27. The molecule has 0 aliphatic carbocycles. The number of carbonyl (C=O) groups excluding carboxylic acids is 2. The zero-order chi connectivity index (χ0) is 15.8. The van der Waals surface area contributed by atoms with E-state index >= 15 is 0 Å². The van der Waals surface area contributed by atoms with E-state index in [-0.39, 0.29) is 18.2 Å². The number of carbonyl (C=O) groups is 2. The predicted molar refractivity (Wildman–Crippen MR) is 81.7 cm³/mol. The van der Waals surface area contributed by atoms with Crippen LogP contribution in [-0.2, 0) is 20.9 Å². The Kier molecular flexibility index (Phi) is 6.22. The van der Waals surface area contributed by atoms with E-state index < -0.39 is 5.97 Å². The number of amides is 1. The zero-order valence-corrected chi connectivity index (χ0v) is 13.3. The average Bonchev–Trinajstić information content (AvgIpc) is 3.19. The van der Waals surface area contributed by atoms with Gasteiger partial charge < -0.3 is 19.8 Å². The summed E-state index contributed by atoms with van der Waals surface area (Å²) in [6.45, 7) is 0.383. The fraction of sp³-hybridized carbons (Fsp3) is 0.333. The molecule has 0 bridgehead atoms. The van der Waals surface area contributed by atoms with Crippen LogP contribution in [0.25, 0.3) is 0 Å². The number of methoxy groups -OCH3 is 1. The van der Waals surface area contributed by atoms with Crippen molar-refractivity contribution >= 4 is 40.1 Å². The fourth-order valence-electron chi connectivity index (χ4n) is 1.34. The standard InChI is InChI=1S/C12H14N4O4S2/c1-19-10(18)6-13-9(17)7-21-12-16-15-11(22-12)14-5-8-3-2-4-20-8/h2-4H,5-7H2,1H3,(H,13,17)(H,14,15). The molecule has 0 aromatic carbocycles. The predicted octanol–water partition coefficient (Wildman–Crippen LogP) is 1.12. The molecule has 118 valence electrons. The number of ether oxygens (including phenoxy) is 1. The summed E-state index contributed by atoms with van der Waals surface area (Å²) in [5.41, 5.74) is 0. The maximum atomic E-state index is 11.5. The van der Waals surface area contributed by atoms with Crippen molar-refractivity contribution in [2.75, 3.05) is 24.7 Å². The third-order valence-corrected chi connectivity index (χ3v) is 4.40. The summed E-state index contributed by atoms with van der Waals surface area (Å²) in [4.78, 5) is 22.4. The molecular formula is C12H14N4O4S2. The summed E-state index contributed by atoms with van der Waals surface area (Å²) in [5, 5.41) is 14.1. The fourth-order valence-corrected chi connectivity index (χ4v) is 2.91. The van der Waals surface area contributed by atoms with Crippen LogP contribution >= 0.6 is 23.1 Å². The van der Waals surface area contributed by atoms with Crippen LogP contribution in [0.4, 0.5) is 5.13 Å². The Hall–Kier alpha value is -2.07. The molecule has 0 atom stereocenters. The van der Waals surface area contributed by atoms with Gasteiger partial charge in [0.2, 0.25) is 11.0 Å². The lowest BCUT2D eigenvalue weighted by Gasteiger charge is -2.01. The first kappa shape index (κ1) is 16.3. The van der Waals surface area contributed by atoms with Crippen LogP contribution in [0, 0.1) is 0 Å². The van der Waals surface area contributed by atoms with Gasteiger partial charge in [0.15, 0.2) is 4.34 Å². The molecule has 0 unspecified atom stereocenters. The average molecular weight is 342 g/mol. The number of rotatable bonds is 8. The highest BCUT2D eigenvalue weighted by molar-refractivity contribution is 8.01. The van der Waals surface area contributed by atoms with Gasteiger partial charge in [0, 0.05) is 0 Å². The van der Waals surface area contributed by atoms with Gasteiger partial charge in [-0.3, -0.25) is 9.59 Å². The smallest absolute Gasteiger partial charge is 0.325 e. The van der Waals surface area contributed by atoms with Gasteiger partial charge in [0.1, 0.15) is 12.3 Å². The molecule has 2 aromatic rings. The topological polar surface area (TPSA) is 106 Å². The molecule has 0 spiro atoms. The normalized spacial score (nSPS) is 10.2. The van der Waals surface area contributed by atoms with Crippen molar-refractivity contribution in [3.05, 3.63) is 24.2 Å². The number of aromatic nitrogens is 2. The van der Waals surface area contributed by atoms with E-state index in [9.17, 15) is 9.59 Å². The van der Waals surface area contributed by atoms with Crippen LogP contribution in [0.2, 0.25) is 0 Å². The van der Waals surface area contributed by atoms with Crippen molar-refractivity contribution < 1.29 is 18.7 Å². The number of esters is 1. The van der Waals surface area contributed by atoms with E-state index in [0.717, 1.165) is 5.76 Å². The highest BCUT2D eigenvalue weighted by Crippen LogP contribution is 2.25. The van der Waals surface area contributed by atoms with Gasteiger partial charge in [-0.15, -0.1) is 10.2 Å². The Morgan fingerprint density at radius 3 is 3.05 bits per heavy atom. The van der Waals surface area contributed by atoms with Crippen LogP contribution < -0.4 is 10.6 Å². The van der Waals surface area contributed by atoms with Gasteiger partial charge >= 0.3 is 5.97 Å². The molecule has 0 saturated heterocycles. The number of hydrogen-bond acceptors (Lipinski definition) is 9. The maximum absolute atomic E-state index is 11.5. The second kappa shape index (κ2) is 8.39. The highest BCUT2D eigenvalue weighted by atomic mass is 32.2. The molecule has 0 aliphatic heterocycles. The molecule has 2 rings (SSSR count). The summed E-state index contributed by atoms with van der Waals surface area (Å²) in [5.74, 6) is 0.199. The van der Waals surface area contributed by atoms with Crippen LogP contribution in [0.1, 0.15) is 5.76 Å². The maximum Gasteiger partial charge on any atom is 0.325 e. The molecule has 0 aliphatic rings. The number of hydrogen-bond donors (Lipinski definition) is 2. The molecular weight excluding hydrogens is 328 g/mol. The highest BCUT2D eigenvalue weighted by Gasteiger charge is 2.09. The van der Waals surface area contributed by atoms with Gasteiger partial charge in [-0.25, -0.2) is 0 Å². The molecule has 2 heterocycles. The van der Waals surface area contributed by atoms with Crippen molar-refractivity contribution in [1.29, 1.82) is 0 Å². The molecule has 8 nitrogen and oxygen atoms in total. The Labute approximate surface area is 134 Å². The second-order valence-electron chi connectivity index (χ2n) is 3.95. The number of anilines is 1. The van der Waals surface area contributed by atoms with Gasteiger partial charge in [-0.05, 0) is 12.1 Å². The van der Waals surface area contributed by atoms with Crippen molar-refractivity contribution in [3.63, 3.8) is 0 Å². The Balaban J connectivity index is 1.70. The number of nitrogens with one attached hydrogen (secondary N) is 2. The lowest BCUT2D eigenvalue weighted by atomic mass is 10.4. The minimum Gasteiger partial charge on any atom is -0.468 e. The van der Waals surface area contributed by atoms with E-state index in [1.807, 2.05) is 12.1 Å². The van der Waals surface area contributed by atoms with E-state index in [4.69, 9.17) is 4.42 Å². The minimum absolute atomic E-state index is 0.137. The third-order valence-electron chi connectivity index (χ3n) is 2.38. The summed E-state index contributed by atoms with van der Waals surface area (Å²) < 4.78 is 10.3. The largest absolute Gasteiger partial charge is 0.468 e. The van der Waals surface area contributed by atoms with Crippen molar-refractivity contribution in [2.24, 2.45) is 0 Å². The number of thioether (sulfide) groups is 1. The van der Waals surface area contributed by atoms with Gasteiger partial charge in [0.05, 0.1) is 25.7 Å². The monoisotopic (exact) mass is 342 g/mol. The summed E-state index contributed by atoms with van der Waals surface area (Å²) in [6, 6.07) is 3.67. The lowest BCUT2D eigenvalue weighted by molar-refractivity contribution is -0.140. The number of furan rings is 1. The van der Waals surface area contributed by atoms with Gasteiger partial charge in [-0.2, -0.15) is 0 Å². The summed E-state index contributed by atoms with van der Waals surface area (Å²) >= 11 is 2.59. The van der Waals surface area contributed by atoms with E-state index in [1.165, 1.54) is 30.2 Å². The SMILES string of the molecule is COC(=O)CNC(=O)CSc1nnc(NCc2ccco2)s1. The van der Waals surface area contributed by atoms with Crippen LogP contribution in [-0.4, -0.2) is 41.5 Å². The second-order valence-corrected chi connectivity index (χ2v) is 6.15. The Bertz CT molecular complexity index is 614. The molecule has 10 heteroatoms. The van der Waals surface area contributed by atoms with Crippen molar-refractivity contribution in [2.45, 2.75) is 10.9 Å². The molecule has 0 saturated carbocycles. The van der Waals surface area contributed by atoms with E-state index in [2.05, 4.69) is 25.6 Å². The van der Waals surface area contributed by atoms with Crippen LogP contribution in [0.5, 0.6) is 0 Å². The molecule has 0 radical (unpaired) electrons. The minimum atomic E-state index is -0.487. The Morgan fingerprint density at radius 1 is 1.45 bits per heavy atom. The summed E-state index contributed by atoms with van der Waals surface area (Å²) in [6.07, 6.45) is 1.60. The zero-order valence-electron chi connectivity index (χ0n) is 11.7. The van der Waals surface area contributed by atoms with Crippen molar-refractivity contribution in [1.82, 2.24) is 15.5 Å². The first-order valence-electron chi connectivity index (χ1n) is 6.23. The van der Waals surface area contributed by atoms with E-state index in [0.29, 0.717) is 16.0 Å². The van der Waals surface area contributed by atoms with Gasteiger partial charge in [-0.1, -0.05) is 23.1 Å². The first-order chi connectivity index (χ1) is 10.7. The molecule has 1 amide bonds. The van der Waals surface area contributed by atoms with E-state index in [1.54, 1.807) is 6.26 Å². The third kappa shape index (κ3) is 5.37. The molecule has 2 N–H and O–H groups in total. The van der Waals surface area contributed by atoms with Crippen LogP contribution in [0.3, 0.4) is 0 Å². The molecule has 22 heavy (non-hydrogen) atoms. The van der Waals surface area contributed by atoms with Crippen molar-refractivity contribution in [3.8, 4) is 0 Å². The quantitative estimate of drug-likeness (QED) is 0.543. The molecule has 2 aromatic heterocycles. The molecule has 0 fully saturated rings. The van der Waals surface area contributed by atoms with Gasteiger partial charge in [0.25, 0.3) is 0 Å². The Morgan fingerprint density at radius 2 is 2.32 bits per heavy atom.